The van der Waals surface area contributed by atoms with Gasteiger partial charge in [-0.1, -0.05) is 26.0 Å². The van der Waals surface area contributed by atoms with Crippen LogP contribution in [0.5, 0.6) is 0 Å². The highest BCUT2D eigenvalue weighted by Gasteiger charge is 2.30. The summed E-state index contributed by atoms with van der Waals surface area (Å²) in [6.07, 6.45) is 0. The van der Waals surface area contributed by atoms with Gasteiger partial charge in [0.15, 0.2) is 0 Å². The summed E-state index contributed by atoms with van der Waals surface area (Å²) in [6, 6.07) is 7.49. The number of thiol groups is 1. The van der Waals surface area contributed by atoms with E-state index in [2.05, 4.69) is 26.5 Å². The van der Waals surface area contributed by atoms with Gasteiger partial charge in [0.2, 0.25) is 0 Å². The lowest BCUT2D eigenvalue weighted by Crippen LogP contribution is -2.29. The lowest BCUT2D eigenvalue weighted by Gasteiger charge is -2.16. The quantitative estimate of drug-likeness (QED) is 0.742. The molecule has 1 fully saturated rings. The number of amides is 1. The van der Waals surface area contributed by atoms with Gasteiger partial charge in [-0.15, -0.1) is 12.6 Å². The van der Waals surface area contributed by atoms with E-state index in [0.29, 0.717) is 17.4 Å². The summed E-state index contributed by atoms with van der Waals surface area (Å²) in [5, 5.41) is 0. The van der Waals surface area contributed by atoms with E-state index in [1.165, 1.54) is 0 Å². The van der Waals surface area contributed by atoms with Crippen molar-refractivity contribution in [2.45, 2.75) is 18.7 Å². The van der Waals surface area contributed by atoms with Gasteiger partial charge in [-0.3, -0.25) is 4.79 Å². The molecule has 1 aliphatic heterocycles. The molecule has 2 atom stereocenters. The molecular weight excluding hydrogens is 218 g/mol. The highest BCUT2D eigenvalue weighted by Crippen LogP contribution is 2.25. The van der Waals surface area contributed by atoms with E-state index in [4.69, 9.17) is 0 Å². The van der Waals surface area contributed by atoms with Crippen molar-refractivity contribution < 1.29 is 4.79 Å². The summed E-state index contributed by atoms with van der Waals surface area (Å²) < 4.78 is 0. The SMILES string of the molecule is CC1CN(C(=O)c2ccccc2S)CC1C. The largest absolute Gasteiger partial charge is 0.338 e. The van der Waals surface area contributed by atoms with E-state index in [9.17, 15) is 4.79 Å². The topological polar surface area (TPSA) is 20.3 Å². The van der Waals surface area contributed by atoms with Gasteiger partial charge < -0.3 is 4.90 Å². The Morgan fingerprint density at radius 2 is 1.81 bits per heavy atom. The lowest BCUT2D eigenvalue weighted by atomic mass is 10.0. The van der Waals surface area contributed by atoms with Gasteiger partial charge in [0, 0.05) is 18.0 Å². The van der Waals surface area contributed by atoms with Crippen molar-refractivity contribution in [2.75, 3.05) is 13.1 Å². The molecule has 1 saturated heterocycles. The minimum atomic E-state index is 0.113. The first-order valence-corrected chi connectivity index (χ1v) is 6.11. The molecule has 1 aromatic rings. The monoisotopic (exact) mass is 235 g/mol. The van der Waals surface area contributed by atoms with Crippen molar-refractivity contribution in [3.05, 3.63) is 29.8 Å². The molecule has 0 radical (unpaired) electrons. The average Bonchev–Trinajstić information content (AvgIpc) is 2.59. The number of hydrogen-bond acceptors (Lipinski definition) is 2. The molecule has 0 spiro atoms. The lowest BCUT2D eigenvalue weighted by molar-refractivity contribution is 0.0781. The molecule has 2 rings (SSSR count). The van der Waals surface area contributed by atoms with E-state index < -0.39 is 0 Å². The zero-order valence-electron chi connectivity index (χ0n) is 9.68. The molecule has 86 valence electrons. The molecule has 0 aromatic heterocycles. The Hall–Kier alpha value is -0.960. The van der Waals surface area contributed by atoms with Crippen LogP contribution >= 0.6 is 12.6 Å². The zero-order valence-corrected chi connectivity index (χ0v) is 10.6. The van der Waals surface area contributed by atoms with Crippen LogP contribution in [0.3, 0.4) is 0 Å². The number of carbonyl (C=O) groups is 1. The number of hydrogen-bond donors (Lipinski definition) is 1. The van der Waals surface area contributed by atoms with Crippen LogP contribution in [0.25, 0.3) is 0 Å². The maximum Gasteiger partial charge on any atom is 0.254 e. The molecule has 1 heterocycles. The van der Waals surface area contributed by atoms with Crippen LogP contribution in [0.15, 0.2) is 29.2 Å². The van der Waals surface area contributed by atoms with Crippen LogP contribution in [-0.2, 0) is 0 Å². The fourth-order valence-electron chi connectivity index (χ4n) is 2.12. The maximum absolute atomic E-state index is 12.2. The van der Waals surface area contributed by atoms with Gasteiger partial charge in [0.1, 0.15) is 0 Å². The first kappa shape index (κ1) is 11.5. The van der Waals surface area contributed by atoms with Crippen molar-refractivity contribution >= 4 is 18.5 Å². The number of likely N-dealkylation sites (tertiary alicyclic amines) is 1. The summed E-state index contributed by atoms with van der Waals surface area (Å²) in [7, 11) is 0. The molecule has 0 bridgehead atoms. The van der Waals surface area contributed by atoms with E-state index in [0.717, 1.165) is 18.0 Å². The molecule has 0 aliphatic carbocycles. The highest BCUT2D eigenvalue weighted by molar-refractivity contribution is 7.80. The first-order chi connectivity index (χ1) is 7.59. The fraction of sp³-hybridized carbons (Fsp3) is 0.462. The standard InChI is InChI=1S/C13H17NOS/c1-9-7-14(8-10(9)2)13(15)11-5-3-4-6-12(11)16/h3-6,9-10,16H,7-8H2,1-2H3. The van der Waals surface area contributed by atoms with Gasteiger partial charge in [-0.25, -0.2) is 0 Å². The predicted molar refractivity (Wildman–Crippen MR) is 67.9 cm³/mol. The number of carbonyl (C=O) groups excluding carboxylic acids is 1. The van der Waals surface area contributed by atoms with Crippen LogP contribution in [-0.4, -0.2) is 23.9 Å². The van der Waals surface area contributed by atoms with Crippen LogP contribution in [0.1, 0.15) is 24.2 Å². The summed E-state index contributed by atoms with van der Waals surface area (Å²) >= 11 is 4.33. The van der Waals surface area contributed by atoms with Gasteiger partial charge in [-0.2, -0.15) is 0 Å². The van der Waals surface area contributed by atoms with Crippen LogP contribution < -0.4 is 0 Å². The van der Waals surface area contributed by atoms with E-state index >= 15 is 0 Å². The van der Waals surface area contributed by atoms with E-state index in [1.54, 1.807) is 0 Å². The van der Waals surface area contributed by atoms with Crippen molar-refractivity contribution in [1.82, 2.24) is 4.90 Å². The Balaban J connectivity index is 2.18. The third-order valence-electron chi connectivity index (χ3n) is 3.41. The normalized spacial score (nSPS) is 24.8. The summed E-state index contributed by atoms with van der Waals surface area (Å²) in [6.45, 7) is 6.12. The summed E-state index contributed by atoms with van der Waals surface area (Å²) in [4.78, 5) is 14.9. The zero-order chi connectivity index (χ0) is 11.7. The Morgan fingerprint density at radius 1 is 1.25 bits per heavy atom. The molecule has 1 aliphatic rings. The second kappa shape index (κ2) is 4.50. The van der Waals surface area contributed by atoms with Crippen LogP contribution in [0, 0.1) is 11.8 Å². The van der Waals surface area contributed by atoms with Crippen molar-refractivity contribution in [3.63, 3.8) is 0 Å². The Morgan fingerprint density at radius 3 is 2.38 bits per heavy atom. The second-order valence-corrected chi connectivity index (χ2v) is 5.16. The number of nitrogens with zero attached hydrogens (tertiary/aromatic N) is 1. The van der Waals surface area contributed by atoms with Crippen LogP contribution in [0.4, 0.5) is 0 Å². The third kappa shape index (κ3) is 2.09. The molecule has 1 amide bonds. The number of rotatable bonds is 1. The Bertz CT molecular complexity index is 395. The predicted octanol–water partition coefficient (Wildman–Crippen LogP) is 2.70. The van der Waals surface area contributed by atoms with Crippen molar-refractivity contribution in [1.29, 1.82) is 0 Å². The summed E-state index contributed by atoms with van der Waals surface area (Å²) in [5.41, 5.74) is 0.715. The smallest absolute Gasteiger partial charge is 0.254 e. The van der Waals surface area contributed by atoms with E-state index in [-0.39, 0.29) is 5.91 Å². The molecular formula is C13H17NOS. The molecule has 3 heteroatoms. The van der Waals surface area contributed by atoms with E-state index in [1.807, 2.05) is 29.2 Å². The van der Waals surface area contributed by atoms with Crippen LogP contribution in [0.2, 0.25) is 0 Å². The molecule has 1 aromatic carbocycles. The Labute approximate surface area is 102 Å². The molecule has 2 nitrogen and oxygen atoms in total. The van der Waals surface area contributed by atoms with Crippen molar-refractivity contribution in [3.8, 4) is 0 Å². The second-order valence-electron chi connectivity index (χ2n) is 4.68. The Kier molecular flexibility index (Phi) is 3.24. The molecule has 0 N–H and O–H groups in total. The molecule has 0 saturated carbocycles. The summed E-state index contributed by atoms with van der Waals surface area (Å²) in [5.74, 6) is 1.30. The number of benzene rings is 1. The molecule has 16 heavy (non-hydrogen) atoms. The van der Waals surface area contributed by atoms with Crippen molar-refractivity contribution in [2.24, 2.45) is 11.8 Å². The maximum atomic E-state index is 12.2. The van der Waals surface area contributed by atoms with Gasteiger partial charge in [-0.05, 0) is 24.0 Å². The third-order valence-corrected chi connectivity index (χ3v) is 3.80. The fourth-order valence-corrected chi connectivity index (χ4v) is 2.38. The minimum absolute atomic E-state index is 0.113. The minimum Gasteiger partial charge on any atom is -0.338 e. The first-order valence-electron chi connectivity index (χ1n) is 5.67. The average molecular weight is 235 g/mol. The van der Waals surface area contributed by atoms with Gasteiger partial charge >= 0.3 is 0 Å². The van der Waals surface area contributed by atoms with Gasteiger partial charge in [0.25, 0.3) is 5.91 Å². The molecule has 2 unspecified atom stereocenters. The highest BCUT2D eigenvalue weighted by atomic mass is 32.1. The van der Waals surface area contributed by atoms with Gasteiger partial charge in [0.05, 0.1) is 5.56 Å².